The summed E-state index contributed by atoms with van der Waals surface area (Å²) in [5.74, 6) is 0. The van der Waals surface area contributed by atoms with Crippen molar-refractivity contribution in [3.05, 3.63) is 29.3 Å². The number of para-hydroxylation sites is 1. The molecule has 1 aromatic carbocycles. The number of nitrogens with one attached hydrogen (secondary N) is 2. The van der Waals surface area contributed by atoms with Crippen LogP contribution in [-0.4, -0.2) is 34.8 Å². The number of hydrogen-bond donors (Lipinski definition) is 3. The van der Waals surface area contributed by atoms with Crippen LogP contribution in [0.25, 0.3) is 10.2 Å². The Morgan fingerprint density at radius 1 is 1.21 bits per heavy atom. The van der Waals surface area contributed by atoms with E-state index in [1.54, 1.807) is 11.3 Å². The second-order valence-corrected chi connectivity index (χ2v) is 7.69. The lowest BCUT2D eigenvalue weighted by molar-refractivity contribution is 0.00720. The SMILES string of the molecule is O=C(NCCCc1nc2ccccc2s1)NCC1(O)CCCCC1. The van der Waals surface area contributed by atoms with E-state index in [2.05, 4.69) is 21.7 Å². The van der Waals surface area contributed by atoms with Crippen LogP contribution < -0.4 is 10.6 Å². The molecule has 0 atom stereocenters. The van der Waals surface area contributed by atoms with E-state index in [0.29, 0.717) is 13.1 Å². The van der Waals surface area contributed by atoms with Crippen molar-refractivity contribution >= 4 is 27.6 Å². The largest absolute Gasteiger partial charge is 0.388 e. The summed E-state index contributed by atoms with van der Waals surface area (Å²) < 4.78 is 1.21. The first-order valence-electron chi connectivity index (χ1n) is 8.73. The molecule has 6 heteroatoms. The predicted octanol–water partition coefficient (Wildman–Crippen LogP) is 3.22. The van der Waals surface area contributed by atoms with Gasteiger partial charge in [-0.3, -0.25) is 0 Å². The second kappa shape index (κ2) is 7.94. The Kier molecular flexibility index (Phi) is 5.68. The van der Waals surface area contributed by atoms with Crippen molar-refractivity contribution in [2.75, 3.05) is 13.1 Å². The number of carbonyl (C=O) groups is 1. The van der Waals surface area contributed by atoms with Crippen molar-refractivity contribution in [3.8, 4) is 0 Å². The van der Waals surface area contributed by atoms with E-state index in [4.69, 9.17) is 0 Å². The van der Waals surface area contributed by atoms with Crippen LogP contribution in [0.1, 0.15) is 43.5 Å². The number of thiazole rings is 1. The number of fused-ring (bicyclic) bond motifs is 1. The normalized spacial score (nSPS) is 16.9. The minimum Gasteiger partial charge on any atom is -0.388 e. The zero-order valence-corrected chi connectivity index (χ0v) is 14.7. The summed E-state index contributed by atoms with van der Waals surface area (Å²) in [6.07, 6.45) is 6.56. The first kappa shape index (κ1) is 17.2. The Bertz CT molecular complexity index is 647. The highest BCUT2D eigenvalue weighted by molar-refractivity contribution is 7.18. The molecule has 0 unspecified atom stereocenters. The van der Waals surface area contributed by atoms with E-state index >= 15 is 0 Å². The van der Waals surface area contributed by atoms with E-state index in [9.17, 15) is 9.90 Å². The summed E-state index contributed by atoms with van der Waals surface area (Å²) in [4.78, 5) is 16.4. The molecule has 0 spiro atoms. The lowest BCUT2D eigenvalue weighted by atomic mass is 9.85. The molecule has 2 amide bonds. The summed E-state index contributed by atoms with van der Waals surface area (Å²) in [6, 6.07) is 7.93. The Morgan fingerprint density at radius 2 is 2.00 bits per heavy atom. The van der Waals surface area contributed by atoms with Gasteiger partial charge < -0.3 is 15.7 Å². The summed E-state index contributed by atoms with van der Waals surface area (Å²) in [5, 5.41) is 17.1. The average molecular weight is 347 g/mol. The Labute approximate surface area is 146 Å². The second-order valence-electron chi connectivity index (χ2n) is 6.57. The fraction of sp³-hybridized carbons (Fsp3) is 0.556. The highest BCUT2D eigenvalue weighted by atomic mass is 32.1. The molecule has 0 saturated heterocycles. The Hall–Kier alpha value is -1.66. The molecule has 0 bridgehead atoms. The number of hydrogen-bond acceptors (Lipinski definition) is 4. The number of nitrogens with zero attached hydrogens (tertiary/aromatic N) is 1. The fourth-order valence-corrected chi connectivity index (χ4v) is 4.17. The van der Waals surface area contributed by atoms with Crippen LogP contribution in [0.4, 0.5) is 4.79 Å². The molecule has 0 radical (unpaired) electrons. The van der Waals surface area contributed by atoms with Gasteiger partial charge >= 0.3 is 6.03 Å². The average Bonchev–Trinajstić information content (AvgIpc) is 3.00. The summed E-state index contributed by atoms with van der Waals surface area (Å²) >= 11 is 1.71. The Morgan fingerprint density at radius 3 is 2.79 bits per heavy atom. The summed E-state index contributed by atoms with van der Waals surface area (Å²) in [5.41, 5.74) is 0.334. The standard InChI is InChI=1S/C18H25N3O2S/c22-17(20-13-18(23)10-4-1-5-11-18)19-12-6-9-16-21-14-7-2-3-8-15(14)24-16/h2-3,7-8,23H,1,4-6,9-13H2,(H2,19,20,22). The third-order valence-corrected chi connectivity index (χ3v) is 5.65. The van der Waals surface area contributed by atoms with Crippen LogP contribution in [0.3, 0.4) is 0 Å². The molecule has 5 nitrogen and oxygen atoms in total. The van der Waals surface area contributed by atoms with Gasteiger partial charge in [-0.15, -0.1) is 11.3 Å². The molecule has 1 fully saturated rings. The van der Waals surface area contributed by atoms with Crippen LogP contribution in [0.2, 0.25) is 0 Å². The maximum Gasteiger partial charge on any atom is 0.314 e. The third-order valence-electron chi connectivity index (χ3n) is 4.55. The number of aromatic nitrogens is 1. The molecule has 1 aromatic heterocycles. The van der Waals surface area contributed by atoms with Gasteiger partial charge in [-0.25, -0.2) is 9.78 Å². The van der Waals surface area contributed by atoms with Crippen LogP contribution in [0.5, 0.6) is 0 Å². The van der Waals surface area contributed by atoms with Gasteiger partial charge in [0.15, 0.2) is 0 Å². The quantitative estimate of drug-likeness (QED) is 0.702. The molecule has 1 heterocycles. The number of carbonyl (C=O) groups excluding carboxylic acids is 1. The van der Waals surface area contributed by atoms with Crippen molar-refractivity contribution in [2.24, 2.45) is 0 Å². The van der Waals surface area contributed by atoms with Gasteiger partial charge in [0, 0.05) is 19.5 Å². The van der Waals surface area contributed by atoms with Crippen LogP contribution in [-0.2, 0) is 6.42 Å². The first-order chi connectivity index (χ1) is 11.6. The molecule has 0 aliphatic heterocycles. The Balaban J connectivity index is 1.34. The van der Waals surface area contributed by atoms with Gasteiger partial charge in [-0.2, -0.15) is 0 Å². The summed E-state index contributed by atoms with van der Waals surface area (Å²) in [6.45, 7) is 0.955. The third kappa shape index (κ3) is 4.68. The zero-order chi connectivity index (χ0) is 16.8. The van der Waals surface area contributed by atoms with Crippen molar-refractivity contribution in [1.82, 2.24) is 15.6 Å². The summed E-state index contributed by atoms with van der Waals surface area (Å²) in [7, 11) is 0. The van der Waals surface area contributed by atoms with Crippen LogP contribution in [0, 0.1) is 0 Å². The van der Waals surface area contributed by atoms with Crippen LogP contribution >= 0.6 is 11.3 Å². The highest BCUT2D eigenvalue weighted by Gasteiger charge is 2.29. The molecule has 2 aromatic rings. The molecular formula is C18H25N3O2S. The molecule has 3 rings (SSSR count). The lowest BCUT2D eigenvalue weighted by Gasteiger charge is -2.32. The van der Waals surface area contributed by atoms with Crippen molar-refractivity contribution in [2.45, 2.75) is 50.5 Å². The van der Waals surface area contributed by atoms with Gasteiger partial charge in [-0.05, 0) is 31.4 Å². The molecule has 24 heavy (non-hydrogen) atoms. The van der Waals surface area contributed by atoms with Crippen molar-refractivity contribution in [3.63, 3.8) is 0 Å². The van der Waals surface area contributed by atoms with E-state index in [1.807, 2.05) is 18.2 Å². The smallest absolute Gasteiger partial charge is 0.314 e. The van der Waals surface area contributed by atoms with Gasteiger partial charge in [-0.1, -0.05) is 31.4 Å². The van der Waals surface area contributed by atoms with E-state index < -0.39 is 5.60 Å². The maximum absolute atomic E-state index is 11.8. The van der Waals surface area contributed by atoms with E-state index in [0.717, 1.165) is 49.0 Å². The number of aryl methyl sites for hydroxylation is 1. The number of amides is 2. The molecule has 1 saturated carbocycles. The molecule has 1 aliphatic rings. The van der Waals surface area contributed by atoms with Gasteiger partial charge in [0.2, 0.25) is 0 Å². The minimum absolute atomic E-state index is 0.196. The minimum atomic E-state index is -0.712. The highest BCUT2D eigenvalue weighted by Crippen LogP contribution is 2.27. The fourth-order valence-electron chi connectivity index (χ4n) is 3.16. The molecule has 1 aliphatic carbocycles. The van der Waals surface area contributed by atoms with Crippen molar-refractivity contribution in [1.29, 1.82) is 0 Å². The van der Waals surface area contributed by atoms with E-state index in [-0.39, 0.29) is 6.03 Å². The van der Waals surface area contributed by atoms with Gasteiger partial charge in [0.25, 0.3) is 0 Å². The molecular weight excluding hydrogens is 322 g/mol. The number of benzene rings is 1. The van der Waals surface area contributed by atoms with Crippen molar-refractivity contribution < 1.29 is 9.90 Å². The zero-order valence-electron chi connectivity index (χ0n) is 13.9. The first-order valence-corrected chi connectivity index (χ1v) is 9.55. The van der Waals surface area contributed by atoms with Gasteiger partial charge in [0.1, 0.15) is 0 Å². The topological polar surface area (TPSA) is 74.2 Å². The molecule has 130 valence electrons. The maximum atomic E-state index is 11.8. The van der Waals surface area contributed by atoms with Crippen LogP contribution in [0.15, 0.2) is 24.3 Å². The van der Waals surface area contributed by atoms with Gasteiger partial charge in [0.05, 0.1) is 20.8 Å². The molecule has 3 N–H and O–H groups in total. The predicted molar refractivity (Wildman–Crippen MR) is 97.4 cm³/mol. The number of rotatable bonds is 6. The van der Waals surface area contributed by atoms with E-state index in [1.165, 1.54) is 11.1 Å². The number of aliphatic hydroxyl groups is 1. The monoisotopic (exact) mass is 347 g/mol. The number of urea groups is 1. The lowest BCUT2D eigenvalue weighted by Crippen LogP contribution is -2.47.